The van der Waals surface area contributed by atoms with Crippen LogP contribution in [-0.2, 0) is 14.3 Å². The molecular weight excluding hydrogens is 396 g/mol. The summed E-state index contributed by atoms with van der Waals surface area (Å²) in [5.74, 6) is -0.939. The smallest absolute Gasteiger partial charge is 0.295 e. The molecule has 1 aromatic heterocycles. The van der Waals surface area contributed by atoms with Crippen LogP contribution >= 0.6 is 0 Å². The maximum absolute atomic E-state index is 12.9. The molecule has 0 spiro atoms. The van der Waals surface area contributed by atoms with Gasteiger partial charge in [0.05, 0.1) is 24.8 Å². The second kappa shape index (κ2) is 10.7. The summed E-state index contributed by atoms with van der Waals surface area (Å²) in [4.78, 5) is 31.1. The van der Waals surface area contributed by atoms with Crippen LogP contribution in [0.2, 0.25) is 0 Å². The van der Waals surface area contributed by atoms with Crippen LogP contribution in [-0.4, -0.2) is 53.5 Å². The number of likely N-dealkylation sites (tertiary alicyclic amines) is 1. The van der Waals surface area contributed by atoms with Crippen LogP contribution < -0.4 is 4.74 Å². The minimum Gasteiger partial charge on any atom is -0.507 e. The molecule has 1 fully saturated rings. The number of carbonyl (C=O) groups is 2. The quantitative estimate of drug-likeness (QED) is 0.271. The number of pyridine rings is 1. The van der Waals surface area contributed by atoms with E-state index in [2.05, 4.69) is 11.9 Å². The number of Topliss-reactive ketones (excluding diaryl/α,β-unsaturated/α-hetero) is 1. The lowest BCUT2D eigenvalue weighted by Gasteiger charge is -2.25. The molecule has 1 saturated heterocycles. The number of aliphatic hydroxyl groups excluding tert-OH is 1. The number of hydrogen-bond donors (Lipinski definition) is 1. The molecule has 1 aliphatic rings. The SMILES string of the molecule is CCCCCOc1cccc(C2/C(=C(\O)c3ccncc3)C(=O)C(=O)N2CCOC)c1. The molecule has 1 unspecified atom stereocenters. The minimum atomic E-state index is -0.734. The Morgan fingerprint density at radius 1 is 1.13 bits per heavy atom. The monoisotopic (exact) mass is 424 g/mol. The van der Waals surface area contributed by atoms with E-state index in [-0.39, 0.29) is 24.5 Å². The van der Waals surface area contributed by atoms with Gasteiger partial charge in [-0.3, -0.25) is 14.6 Å². The summed E-state index contributed by atoms with van der Waals surface area (Å²) in [5.41, 5.74) is 1.17. The van der Waals surface area contributed by atoms with Crippen molar-refractivity contribution < 1.29 is 24.2 Å². The number of rotatable bonds is 10. The third-order valence-corrected chi connectivity index (χ3v) is 5.22. The first kappa shape index (κ1) is 22.5. The van der Waals surface area contributed by atoms with E-state index >= 15 is 0 Å². The van der Waals surface area contributed by atoms with Crippen molar-refractivity contribution in [1.82, 2.24) is 9.88 Å². The fraction of sp³-hybridized carbons (Fsp3) is 0.375. The maximum atomic E-state index is 12.9. The van der Waals surface area contributed by atoms with Crippen molar-refractivity contribution in [2.75, 3.05) is 26.9 Å². The second-order valence-electron chi connectivity index (χ2n) is 7.35. The number of nitrogens with zero attached hydrogens (tertiary/aromatic N) is 2. The lowest BCUT2D eigenvalue weighted by atomic mass is 9.95. The standard InChI is InChI=1S/C24H28N2O5/c1-3-4-5-14-31-19-8-6-7-18(16-19)21-20(22(27)17-9-11-25-12-10-17)23(28)24(29)26(21)13-15-30-2/h6-12,16,21,27H,3-5,13-15H2,1-2H3/b22-20+. The van der Waals surface area contributed by atoms with Gasteiger partial charge in [0.25, 0.3) is 11.7 Å². The van der Waals surface area contributed by atoms with E-state index < -0.39 is 17.7 Å². The molecule has 31 heavy (non-hydrogen) atoms. The Bertz CT molecular complexity index is 942. The van der Waals surface area contributed by atoms with Gasteiger partial charge in [-0.1, -0.05) is 31.9 Å². The molecule has 1 atom stereocenters. The van der Waals surface area contributed by atoms with E-state index in [9.17, 15) is 14.7 Å². The average molecular weight is 424 g/mol. The Morgan fingerprint density at radius 3 is 2.61 bits per heavy atom. The normalized spacial score (nSPS) is 17.9. The Morgan fingerprint density at radius 2 is 1.90 bits per heavy atom. The molecule has 7 nitrogen and oxygen atoms in total. The molecule has 0 bridgehead atoms. The van der Waals surface area contributed by atoms with E-state index in [4.69, 9.17) is 9.47 Å². The van der Waals surface area contributed by atoms with E-state index in [1.165, 1.54) is 24.4 Å². The molecule has 2 aromatic rings. The van der Waals surface area contributed by atoms with Gasteiger partial charge in [0.15, 0.2) is 0 Å². The van der Waals surface area contributed by atoms with Crippen LogP contribution in [0, 0.1) is 0 Å². The van der Waals surface area contributed by atoms with Crippen molar-refractivity contribution in [2.24, 2.45) is 0 Å². The van der Waals surface area contributed by atoms with Crippen molar-refractivity contribution >= 4 is 17.4 Å². The largest absolute Gasteiger partial charge is 0.507 e. The highest BCUT2D eigenvalue weighted by Gasteiger charge is 2.45. The van der Waals surface area contributed by atoms with Crippen molar-refractivity contribution in [1.29, 1.82) is 0 Å². The van der Waals surface area contributed by atoms with E-state index in [1.807, 2.05) is 24.3 Å². The predicted octanol–water partition coefficient (Wildman–Crippen LogP) is 3.72. The van der Waals surface area contributed by atoms with Crippen LogP contribution in [0.15, 0.2) is 54.4 Å². The number of benzene rings is 1. The van der Waals surface area contributed by atoms with Crippen LogP contribution in [0.5, 0.6) is 5.75 Å². The molecule has 1 aromatic carbocycles. The number of ketones is 1. The predicted molar refractivity (Wildman–Crippen MR) is 117 cm³/mol. The lowest BCUT2D eigenvalue weighted by Crippen LogP contribution is -2.32. The summed E-state index contributed by atoms with van der Waals surface area (Å²) >= 11 is 0. The van der Waals surface area contributed by atoms with E-state index in [0.717, 1.165) is 19.3 Å². The zero-order valence-electron chi connectivity index (χ0n) is 17.9. The Balaban J connectivity index is 2.01. The van der Waals surface area contributed by atoms with Gasteiger partial charge in [-0.25, -0.2) is 0 Å². The van der Waals surface area contributed by atoms with Gasteiger partial charge in [0, 0.05) is 31.6 Å². The lowest BCUT2D eigenvalue weighted by molar-refractivity contribution is -0.140. The summed E-state index contributed by atoms with van der Waals surface area (Å²) in [6.07, 6.45) is 6.19. The molecule has 7 heteroatoms. The zero-order chi connectivity index (χ0) is 22.2. The van der Waals surface area contributed by atoms with Gasteiger partial charge < -0.3 is 19.5 Å². The van der Waals surface area contributed by atoms with Crippen LogP contribution in [0.3, 0.4) is 0 Å². The molecule has 1 aliphatic heterocycles. The fourth-order valence-corrected chi connectivity index (χ4v) is 3.63. The van der Waals surface area contributed by atoms with Gasteiger partial charge in [0.1, 0.15) is 11.5 Å². The van der Waals surface area contributed by atoms with Crippen LogP contribution in [0.25, 0.3) is 5.76 Å². The van der Waals surface area contributed by atoms with Crippen molar-refractivity contribution in [3.8, 4) is 5.75 Å². The number of carbonyl (C=O) groups excluding carboxylic acids is 2. The first-order chi connectivity index (χ1) is 15.1. The first-order valence-corrected chi connectivity index (χ1v) is 10.5. The number of methoxy groups -OCH3 is 1. The molecule has 2 heterocycles. The molecule has 3 rings (SSSR count). The third kappa shape index (κ3) is 5.11. The maximum Gasteiger partial charge on any atom is 0.295 e. The minimum absolute atomic E-state index is 0.0513. The Labute approximate surface area is 182 Å². The molecular formula is C24H28N2O5. The number of aliphatic hydroxyl groups is 1. The van der Waals surface area contributed by atoms with Crippen LogP contribution in [0.4, 0.5) is 0 Å². The highest BCUT2D eigenvalue weighted by Crippen LogP contribution is 2.40. The third-order valence-electron chi connectivity index (χ3n) is 5.22. The van der Waals surface area contributed by atoms with Gasteiger partial charge in [-0.2, -0.15) is 0 Å². The summed E-state index contributed by atoms with van der Waals surface area (Å²) in [5, 5.41) is 10.9. The second-order valence-corrected chi connectivity index (χ2v) is 7.35. The van der Waals surface area contributed by atoms with Crippen molar-refractivity contribution in [2.45, 2.75) is 32.2 Å². The summed E-state index contributed by atoms with van der Waals surface area (Å²) in [6.45, 7) is 3.22. The number of hydrogen-bond acceptors (Lipinski definition) is 6. The van der Waals surface area contributed by atoms with Gasteiger partial charge >= 0.3 is 0 Å². The van der Waals surface area contributed by atoms with Crippen LogP contribution in [0.1, 0.15) is 43.4 Å². The summed E-state index contributed by atoms with van der Waals surface area (Å²) < 4.78 is 11.0. The highest BCUT2D eigenvalue weighted by molar-refractivity contribution is 6.46. The molecule has 164 valence electrons. The number of unbranched alkanes of at least 4 members (excludes halogenated alkanes) is 2. The van der Waals surface area contributed by atoms with Gasteiger partial charge in [-0.05, 0) is 36.2 Å². The number of ether oxygens (including phenoxy) is 2. The van der Waals surface area contributed by atoms with E-state index in [0.29, 0.717) is 23.5 Å². The summed E-state index contributed by atoms with van der Waals surface area (Å²) in [7, 11) is 1.54. The molecule has 1 amide bonds. The van der Waals surface area contributed by atoms with Crippen molar-refractivity contribution in [3.05, 3.63) is 65.5 Å². The first-order valence-electron chi connectivity index (χ1n) is 10.5. The highest BCUT2D eigenvalue weighted by atomic mass is 16.5. The fourth-order valence-electron chi connectivity index (χ4n) is 3.63. The van der Waals surface area contributed by atoms with Crippen molar-refractivity contribution in [3.63, 3.8) is 0 Å². The number of amides is 1. The molecule has 1 N–H and O–H groups in total. The van der Waals surface area contributed by atoms with E-state index in [1.54, 1.807) is 12.1 Å². The molecule has 0 aliphatic carbocycles. The Hall–Kier alpha value is -3.19. The average Bonchev–Trinajstić information content (AvgIpc) is 3.05. The van der Waals surface area contributed by atoms with Gasteiger partial charge in [0.2, 0.25) is 0 Å². The topological polar surface area (TPSA) is 89.0 Å². The Kier molecular flexibility index (Phi) is 7.78. The summed E-state index contributed by atoms with van der Waals surface area (Å²) in [6, 6.07) is 9.79. The van der Waals surface area contributed by atoms with Gasteiger partial charge in [-0.15, -0.1) is 0 Å². The molecule has 0 radical (unpaired) electrons. The molecule has 0 saturated carbocycles. The number of aromatic nitrogens is 1. The zero-order valence-corrected chi connectivity index (χ0v) is 17.9.